The van der Waals surface area contributed by atoms with Crippen molar-refractivity contribution in [2.45, 2.75) is 6.92 Å². The van der Waals surface area contributed by atoms with Crippen molar-refractivity contribution >= 4 is 22.3 Å². The van der Waals surface area contributed by atoms with Gasteiger partial charge >= 0.3 is 0 Å². The lowest BCUT2D eigenvalue weighted by atomic mass is 10.3. The fourth-order valence-corrected chi connectivity index (χ4v) is 2.30. The Morgan fingerprint density at radius 3 is 3.00 bits per heavy atom. The van der Waals surface area contributed by atoms with Crippen molar-refractivity contribution < 1.29 is 0 Å². The average molecular weight is 257 g/mol. The van der Waals surface area contributed by atoms with Crippen LogP contribution in [0.25, 0.3) is 11.3 Å². The number of rotatable bonds is 3. The third-order valence-corrected chi connectivity index (χ3v) is 3.18. The molecule has 0 bridgehead atoms. The number of pyridine rings is 1. The zero-order chi connectivity index (χ0) is 12.4. The molecule has 0 saturated carbocycles. The Labute approximate surface area is 108 Å². The van der Waals surface area contributed by atoms with E-state index < -0.39 is 0 Å². The SMILES string of the molecule is Cc1cccc(Nc2nc(-c3cn[nH]c3)cs2)n1. The van der Waals surface area contributed by atoms with E-state index in [4.69, 9.17) is 0 Å². The fourth-order valence-electron chi connectivity index (χ4n) is 1.58. The van der Waals surface area contributed by atoms with Gasteiger partial charge in [-0.3, -0.25) is 5.10 Å². The molecule has 90 valence electrons. The Hall–Kier alpha value is -2.21. The summed E-state index contributed by atoms with van der Waals surface area (Å²) in [6.45, 7) is 1.96. The second kappa shape index (κ2) is 4.58. The summed E-state index contributed by atoms with van der Waals surface area (Å²) in [5.74, 6) is 0.808. The quantitative estimate of drug-likeness (QED) is 0.757. The first-order chi connectivity index (χ1) is 8.81. The number of anilines is 2. The zero-order valence-corrected chi connectivity index (χ0v) is 10.5. The molecule has 0 amide bonds. The first-order valence-corrected chi connectivity index (χ1v) is 6.34. The number of nitrogens with one attached hydrogen (secondary N) is 2. The standard InChI is InChI=1S/C12H11N5S/c1-8-3-2-4-11(15-8)17-12-16-10(7-18-12)9-5-13-14-6-9/h2-7H,1H3,(H,13,14)(H,15,16,17). The van der Waals surface area contributed by atoms with E-state index in [1.165, 1.54) is 0 Å². The molecule has 0 atom stereocenters. The van der Waals surface area contributed by atoms with Crippen LogP contribution in [0.15, 0.2) is 36.0 Å². The highest BCUT2D eigenvalue weighted by Crippen LogP contribution is 2.25. The van der Waals surface area contributed by atoms with Crippen LogP contribution in [0.2, 0.25) is 0 Å². The first kappa shape index (κ1) is 10.9. The van der Waals surface area contributed by atoms with Gasteiger partial charge in [0.05, 0.1) is 11.9 Å². The number of H-pyrrole nitrogens is 1. The summed E-state index contributed by atoms with van der Waals surface area (Å²) in [5, 5.41) is 12.7. The van der Waals surface area contributed by atoms with Crippen LogP contribution >= 0.6 is 11.3 Å². The van der Waals surface area contributed by atoms with Crippen molar-refractivity contribution in [3.8, 4) is 11.3 Å². The summed E-state index contributed by atoms with van der Waals surface area (Å²) in [6, 6.07) is 5.85. The predicted octanol–water partition coefficient (Wildman–Crippen LogP) is 2.98. The summed E-state index contributed by atoms with van der Waals surface area (Å²) in [7, 11) is 0. The second-order valence-corrected chi connectivity index (χ2v) is 4.67. The number of hydrogen-bond donors (Lipinski definition) is 2. The van der Waals surface area contributed by atoms with Gasteiger partial charge in [-0.25, -0.2) is 9.97 Å². The van der Waals surface area contributed by atoms with E-state index in [-0.39, 0.29) is 0 Å². The molecule has 18 heavy (non-hydrogen) atoms. The Morgan fingerprint density at radius 2 is 2.22 bits per heavy atom. The maximum absolute atomic E-state index is 4.49. The Bertz CT molecular complexity index is 644. The smallest absolute Gasteiger partial charge is 0.188 e. The molecule has 0 radical (unpaired) electrons. The van der Waals surface area contributed by atoms with Crippen LogP contribution in [0.3, 0.4) is 0 Å². The highest BCUT2D eigenvalue weighted by molar-refractivity contribution is 7.14. The number of aryl methyl sites for hydroxylation is 1. The third kappa shape index (κ3) is 2.23. The molecular weight excluding hydrogens is 246 g/mol. The van der Waals surface area contributed by atoms with Gasteiger partial charge < -0.3 is 5.32 Å². The summed E-state index contributed by atoms with van der Waals surface area (Å²) < 4.78 is 0. The number of hydrogen-bond acceptors (Lipinski definition) is 5. The molecular formula is C12H11N5S. The van der Waals surface area contributed by atoms with Crippen LogP contribution in [0.4, 0.5) is 10.9 Å². The van der Waals surface area contributed by atoms with E-state index in [1.54, 1.807) is 17.5 Å². The number of aromatic amines is 1. The summed E-state index contributed by atoms with van der Waals surface area (Å²) in [4.78, 5) is 8.86. The molecule has 0 aliphatic rings. The van der Waals surface area contributed by atoms with Gasteiger partial charge in [0.1, 0.15) is 5.82 Å². The molecule has 3 rings (SSSR count). The fraction of sp³-hybridized carbons (Fsp3) is 0.0833. The van der Waals surface area contributed by atoms with Crippen molar-refractivity contribution in [3.05, 3.63) is 41.7 Å². The van der Waals surface area contributed by atoms with Gasteiger partial charge in [0.15, 0.2) is 5.13 Å². The summed E-state index contributed by atoms with van der Waals surface area (Å²) >= 11 is 1.54. The maximum Gasteiger partial charge on any atom is 0.188 e. The minimum Gasteiger partial charge on any atom is -0.316 e. The van der Waals surface area contributed by atoms with Crippen LogP contribution in [-0.2, 0) is 0 Å². The highest BCUT2D eigenvalue weighted by atomic mass is 32.1. The van der Waals surface area contributed by atoms with Gasteiger partial charge in [-0.2, -0.15) is 5.10 Å². The lowest BCUT2D eigenvalue weighted by Crippen LogP contribution is -1.93. The van der Waals surface area contributed by atoms with Crippen molar-refractivity contribution in [3.63, 3.8) is 0 Å². The van der Waals surface area contributed by atoms with Gasteiger partial charge in [-0.05, 0) is 19.1 Å². The van der Waals surface area contributed by atoms with Gasteiger partial charge in [0.2, 0.25) is 0 Å². The molecule has 3 heterocycles. The van der Waals surface area contributed by atoms with Crippen LogP contribution in [0, 0.1) is 6.92 Å². The predicted molar refractivity (Wildman–Crippen MR) is 72.0 cm³/mol. The van der Waals surface area contributed by atoms with Crippen LogP contribution in [-0.4, -0.2) is 20.2 Å². The first-order valence-electron chi connectivity index (χ1n) is 5.46. The van der Waals surface area contributed by atoms with Crippen LogP contribution in [0.5, 0.6) is 0 Å². The monoisotopic (exact) mass is 257 g/mol. The van der Waals surface area contributed by atoms with E-state index in [0.29, 0.717) is 0 Å². The molecule has 0 unspecified atom stereocenters. The number of aromatic nitrogens is 4. The minimum atomic E-state index is 0.808. The molecule has 0 fully saturated rings. The van der Waals surface area contributed by atoms with E-state index in [9.17, 15) is 0 Å². The summed E-state index contributed by atoms with van der Waals surface area (Å²) in [6.07, 6.45) is 3.58. The van der Waals surface area contributed by atoms with Crippen molar-refractivity contribution in [1.29, 1.82) is 0 Å². The Balaban J connectivity index is 1.82. The van der Waals surface area contributed by atoms with Crippen LogP contribution < -0.4 is 5.32 Å². The molecule has 3 aromatic rings. The number of nitrogens with zero attached hydrogens (tertiary/aromatic N) is 3. The molecule has 0 spiro atoms. The third-order valence-electron chi connectivity index (χ3n) is 2.42. The van der Waals surface area contributed by atoms with E-state index in [0.717, 1.165) is 27.9 Å². The van der Waals surface area contributed by atoms with Gasteiger partial charge in [-0.1, -0.05) is 6.07 Å². The van der Waals surface area contributed by atoms with Gasteiger partial charge in [-0.15, -0.1) is 11.3 Å². The molecule has 2 N–H and O–H groups in total. The summed E-state index contributed by atoms with van der Waals surface area (Å²) in [5.41, 5.74) is 2.87. The average Bonchev–Trinajstić information content (AvgIpc) is 2.98. The minimum absolute atomic E-state index is 0.808. The molecule has 6 heteroatoms. The molecule has 3 aromatic heterocycles. The van der Waals surface area contributed by atoms with Gasteiger partial charge in [0.25, 0.3) is 0 Å². The highest BCUT2D eigenvalue weighted by Gasteiger charge is 2.05. The number of thiazole rings is 1. The van der Waals surface area contributed by atoms with Crippen molar-refractivity contribution in [2.24, 2.45) is 0 Å². The van der Waals surface area contributed by atoms with E-state index >= 15 is 0 Å². The Morgan fingerprint density at radius 1 is 1.28 bits per heavy atom. The van der Waals surface area contributed by atoms with E-state index in [2.05, 4.69) is 25.5 Å². The maximum atomic E-state index is 4.49. The molecule has 5 nitrogen and oxygen atoms in total. The van der Waals surface area contributed by atoms with E-state index in [1.807, 2.05) is 36.7 Å². The molecule has 0 aliphatic heterocycles. The Kier molecular flexibility index (Phi) is 2.77. The largest absolute Gasteiger partial charge is 0.316 e. The molecule has 0 aliphatic carbocycles. The second-order valence-electron chi connectivity index (χ2n) is 3.81. The van der Waals surface area contributed by atoms with Crippen molar-refractivity contribution in [1.82, 2.24) is 20.2 Å². The molecule has 0 saturated heterocycles. The van der Waals surface area contributed by atoms with Crippen LogP contribution in [0.1, 0.15) is 5.69 Å². The van der Waals surface area contributed by atoms with Gasteiger partial charge in [0, 0.05) is 22.8 Å². The lowest BCUT2D eigenvalue weighted by molar-refractivity contribution is 1.09. The normalized spacial score (nSPS) is 10.5. The zero-order valence-electron chi connectivity index (χ0n) is 9.71. The molecule has 0 aromatic carbocycles. The van der Waals surface area contributed by atoms with Crippen molar-refractivity contribution in [2.75, 3.05) is 5.32 Å². The topological polar surface area (TPSA) is 66.5 Å². The lowest BCUT2D eigenvalue weighted by Gasteiger charge is -2.01.